The van der Waals surface area contributed by atoms with E-state index in [1.54, 1.807) is 4.44 Å². The molecular formula is C13H23NSn. The molecule has 0 N–H and O–H groups in total. The third kappa shape index (κ3) is 1.90. The molecule has 0 aromatic heterocycles. The van der Waals surface area contributed by atoms with Gasteiger partial charge in [-0.3, -0.25) is 0 Å². The molecule has 3 atom stereocenters. The molecule has 2 heteroatoms. The summed E-state index contributed by atoms with van der Waals surface area (Å²) in [5.74, 6) is 2.94. The molecule has 0 aromatic carbocycles. The molecule has 3 rings (SSSR count). The Labute approximate surface area is 98.1 Å². The first-order valence-corrected chi connectivity index (χ1v) is 15.6. The molecule has 2 bridgehead atoms. The quantitative estimate of drug-likeness (QED) is 0.559. The van der Waals surface area contributed by atoms with Crippen LogP contribution >= 0.6 is 0 Å². The zero-order valence-electron chi connectivity index (χ0n) is 10.1. The van der Waals surface area contributed by atoms with E-state index in [4.69, 9.17) is 0 Å². The summed E-state index contributed by atoms with van der Waals surface area (Å²) in [6.45, 7) is 2.88. The first kappa shape index (κ1) is 10.6. The van der Waals surface area contributed by atoms with Crippen LogP contribution in [0.15, 0.2) is 12.2 Å². The summed E-state index contributed by atoms with van der Waals surface area (Å²) >= 11 is -1.69. The van der Waals surface area contributed by atoms with Gasteiger partial charge >= 0.3 is 98.3 Å². The summed E-state index contributed by atoms with van der Waals surface area (Å²) in [5.41, 5.74) is 0. The third-order valence-electron chi connectivity index (χ3n) is 4.94. The van der Waals surface area contributed by atoms with Crippen LogP contribution in [0, 0.1) is 17.8 Å². The summed E-state index contributed by atoms with van der Waals surface area (Å²) in [6.07, 6.45) is 9.46. The predicted octanol–water partition coefficient (Wildman–Crippen LogP) is 3.11. The van der Waals surface area contributed by atoms with Gasteiger partial charge in [-0.25, -0.2) is 0 Å². The van der Waals surface area contributed by atoms with Gasteiger partial charge in [-0.2, -0.15) is 0 Å². The molecule has 0 spiro atoms. The van der Waals surface area contributed by atoms with Gasteiger partial charge < -0.3 is 0 Å². The zero-order valence-corrected chi connectivity index (χ0v) is 12.9. The Hall–Kier alpha value is 0.499. The van der Waals surface area contributed by atoms with Gasteiger partial charge in [0, 0.05) is 0 Å². The standard InChI is InChI=1S/C11H17N.2CH3.Sn/c1-2-5-12-8-11-7-9-3-4-10(11)6-9;;;/h3-4,9-11H,1-2,5-8H2;2*1H3;/q-1;;;+1. The van der Waals surface area contributed by atoms with E-state index in [2.05, 4.69) is 25.2 Å². The van der Waals surface area contributed by atoms with Crippen molar-refractivity contribution in [2.45, 2.75) is 33.6 Å². The fraction of sp³-hybridized carbons (Fsp3) is 0.846. The van der Waals surface area contributed by atoms with E-state index in [0.717, 1.165) is 17.8 Å². The molecule has 2 aliphatic carbocycles. The third-order valence-corrected chi connectivity index (χ3v) is 15.5. The molecule has 1 saturated carbocycles. The van der Waals surface area contributed by atoms with E-state index in [9.17, 15) is 0 Å². The zero-order chi connectivity index (χ0) is 10.5. The second kappa shape index (κ2) is 3.76. The summed E-state index contributed by atoms with van der Waals surface area (Å²) in [7, 11) is 0. The van der Waals surface area contributed by atoms with Crippen molar-refractivity contribution in [2.75, 3.05) is 13.1 Å². The van der Waals surface area contributed by atoms with E-state index in [0.29, 0.717) is 0 Å². The topological polar surface area (TPSA) is 3.24 Å². The van der Waals surface area contributed by atoms with Gasteiger partial charge in [0.15, 0.2) is 0 Å². The summed E-state index contributed by atoms with van der Waals surface area (Å²) in [4.78, 5) is 5.26. The van der Waals surface area contributed by atoms with Crippen LogP contribution in [-0.4, -0.2) is 34.9 Å². The van der Waals surface area contributed by atoms with Gasteiger partial charge in [-0.1, -0.05) is 0 Å². The van der Waals surface area contributed by atoms with Gasteiger partial charge in [0.1, 0.15) is 0 Å². The molecule has 3 unspecified atom stereocenters. The normalized spacial score (nSPS) is 42.9. The minimum absolute atomic E-state index is 0.956. The van der Waals surface area contributed by atoms with E-state index < -0.39 is 18.7 Å². The monoisotopic (exact) mass is 313 g/mol. The number of allylic oxidation sites excluding steroid dienone is 2. The van der Waals surface area contributed by atoms with E-state index in [1.165, 1.54) is 32.4 Å². The van der Waals surface area contributed by atoms with E-state index >= 15 is 0 Å². The van der Waals surface area contributed by atoms with Crippen molar-refractivity contribution in [2.24, 2.45) is 17.8 Å². The van der Waals surface area contributed by atoms with Gasteiger partial charge in [-0.15, -0.1) is 0 Å². The number of nitrogens with zero attached hydrogens (tertiary/aromatic N) is 1. The molecule has 1 heterocycles. The Balaban J connectivity index is 1.64. The van der Waals surface area contributed by atoms with Crippen molar-refractivity contribution >= 4 is 18.7 Å². The Morgan fingerprint density at radius 2 is 2.13 bits per heavy atom. The number of hydrogen-bond donors (Lipinski definition) is 0. The Morgan fingerprint density at radius 1 is 1.27 bits per heavy atom. The molecule has 84 valence electrons. The molecule has 1 nitrogen and oxygen atoms in total. The molecule has 1 saturated heterocycles. The summed E-state index contributed by atoms with van der Waals surface area (Å²) in [5, 5.41) is 0. The molecule has 0 amide bonds. The maximum absolute atomic E-state index is 2.95. The Kier molecular flexibility index (Phi) is 2.67. The van der Waals surface area contributed by atoms with Crippen LogP contribution in [0.25, 0.3) is 0 Å². The molecule has 0 radical (unpaired) electrons. The van der Waals surface area contributed by atoms with Gasteiger partial charge in [0.2, 0.25) is 0 Å². The predicted molar refractivity (Wildman–Crippen MR) is 67.3 cm³/mol. The van der Waals surface area contributed by atoms with Crippen molar-refractivity contribution < 1.29 is 0 Å². The fourth-order valence-electron chi connectivity index (χ4n) is 3.89. The summed E-state index contributed by atoms with van der Waals surface area (Å²) in [6, 6.07) is 0. The van der Waals surface area contributed by atoms with Gasteiger partial charge in [0.25, 0.3) is 0 Å². The maximum atomic E-state index is 2.95. The Morgan fingerprint density at radius 3 is 2.67 bits per heavy atom. The molecule has 1 aliphatic heterocycles. The van der Waals surface area contributed by atoms with E-state index in [-0.39, 0.29) is 0 Å². The van der Waals surface area contributed by atoms with E-state index in [1.807, 2.05) is 0 Å². The average molecular weight is 312 g/mol. The molecule has 2 fully saturated rings. The van der Waals surface area contributed by atoms with Crippen molar-refractivity contribution in [3.63, 3.8) is 0 Å². The van der Waals surface area contributed by atoms with Crippen molar-refractivity contribution in [1.82, 2.24) is 3.12 Å². The van der Waals surface area contributed by atoms with Crippen LogP contribution in [0.2, 0.25) is 14.3 Å². The number of rotatable bonds is 2. The number of hydrogen-bond acceptors (Lipinski definition) is 1. The second-order valence-electron chi connectivity index (χ2n) is 6.40. The first-order chi connectivity index (χ1) is 7.15. The van der Waals surface area contributed by atoms with Crippen molar-refractivity contribution in [3.8, 4) is 0 Å². The average Bonchev–Trinajstić information content (AvgIpc) is 2.83. The second-order valence-corrected chi connectivity index (χ2v) is 20.0. The fourth-order valence-corrected chi connectivity index (χ4v) is 12.0. The van der Waals surface area contributed by atoms with Crippen molar-refractivity contribution in [1.29, 1.82) is 0 Å². The van der Waals surface area contributed by atoms with Crippen LogP contribution in [-0.2, 0) is 0 Å². The van der Waals surface area contributed by atoms with Crippen LogP contribution in [0.4, 0.5) is 0 Å². The molecular weight excluding hydrogens is 289 g/mol. The molecule has 3 aliphatic rings. The molecule has 0 aromatic rings. The van der Waals surface area contributed by atoms with Crippen LogP contribution in [0.5, 0.6) is 0 Å². The summed E-state index contributed by atoms with van der Waals surface area (Å²) < 4.78 is 4.55. The van der Waals surface area contributed by atoms with Crippen LogP contribution < -0.4 is 0 Å². The van der Waals surface area contributed by atoms with Crippen LogP contribution in [0.1, 0.15) is 19.3 Å². The minimum atomic E-state index is -1.69. The van der Waals surface area contributed by atoms with Gasteiger partial charge in [-0.05, 0) is 0 Å². The Bertz CT molecular complexity index is 284. The SMILES string of the molecule is [CH3][Sn]1([CH3])[CH2]CC[N]1CC1CC2C=CC1C2. The number of fused-ring (bicyclic) bond motifs is 2. The molecule has 15 heavy (non-hydrogen) atoms. The van der Waals surface area contributed by atoms with Gasteiger partial charge in [0.05, 0.1) is 0 Å². The van der Waals surface area contributed by atoms with Crippen LogP contribution in [0.3, 0.4) is 0 Å². The van der Waals surface area contributed by atoms with Crippen molar-refractivity contribution in [3.05, 3.63) is 12.2 Å². The first-order valence-electron chi connectivity index (χ1n) is 6.58.